The molecule has 21 heavy (non-hydrogen) atoms. The molecule has 0 heterocycles. The van der Waals surface area contributed by atoms with Crippen LogP contribution in [0.1, 0.15) is 18.9 Å². The Kier molecular flexibility index (Phi) is 5.83. The maximum atomic E-state index is 12.2. The molecule has 0 saturated heterocycles. The van der Waals surface area contributed by atoms with Crippen molar-refractivity contribution in [3.8, 4) is 0 Å². The van der Waals surface area contributed by atoms with Crippen molar-refractivity contribution in [2.75, 3.05) is 18.0 Å². The first-order valence-corrected chi connectivity index (χ1v) is 7.45. The molecule has 0 atom stereocenters. The van der Waals surface area contributed by atoms with Gasteiger partial charge in [0, 0.05) is 18.8 Å². The second kappa shape index (κ2) is 8.10. The van der Waals surface area contributed by atoms with Gasteiger partial charge in [0.05, 0.1) is 0 Å². The van der Waals surface area contributed by atoms with Crippen LogP contribution in [0.2, 0.25) is 0 Å². The summed E-state index contributed by atoms with van der Waals surface area (Å²) < 4.78 is 0. The molecule has 0 aliphatic carbocycles. The van der Waals surface area contributed by atoms with E-state index in [0.717, 1.165) is 18.5 Å². The monoisotopic (exact) mass is 282 g/mol. The summed E-state index contributed by atoms with van der Waals surface area (Å²) in [5.41, 5.74) is 2.24. The van der Waals surface area contributed by atoms with Crippen LogP contribution < -0.4 is 10.2 Å². The molecule has 110 valence electrons. The van der Waals surface area contributed by atoms with Crippen LogP contribution in [0.15, 0.2) is 60.7 Å². The fourth-order valence-corrected chi connectivity index (χ4v) is 2.28. The van der Waals surface area contributed by atoms with Crippen molar-refractivity contribution >= 4 is 11.7 Å². The Hall–Kier alpha value is -2.29. The molecule has 0 bridgehead atoms. The number of nitrogens with one attached hydrogen (secondary N) is 1. The van der Waals surface area contributed by atoms with Gasteiger partial charge >= 0.3 is 6.03 Å². The Labute approximate surface area is 126 Å². The molecule has 0 radical (unpaired) electrons. The smallest absolute Gasteiger partial charge is 0.321 e. The second-order valence-corrected chi connectivity index (χ2v) is 4.90. The third-order valence-electron chi connectivity index (χ3n) is 3.39. The van der Waals surface area contributed by atoms with Crippen molar-refractivity contribution in [2.24, 2.45) is 0 Å². The maximum Gasteiger partial charge on any atom is 0.321 e. The highest BCUT2D eigenvalue weighted by atomic mass is 16.2. The Balaban J connectivity index is 1.78. The minimum absolute atomic E-state index is 0.0308. The van der Waals surface area contributed by atoms with Crippen LogP contribution in [0, 0.1) is 0 Å². The number of urea groups is 1. The first-order chi connectivity index (χ1) is 10.3. The quantitative estimate of drug-likeness (QED) is 0.802. The van der Waals surface area contributed by atoms with E-state index in [1.165, 1.54) is 5.56 Å². The topological polar surface area (TPSA) is 32.3 Å². The molecule has 0 aromatic heterocycles. The number of hydrogen-bond acceptors (Lipinski definition) is 1. The lowest BCUT2D eigenvalue weighted by Crippen LogP contribution is -2.40. The predicted octanol–water partition coefficient (Wildman–Crippen LogP) is 3.86. The predicted molar refractivity (Wildman–Crippen MR) is 87.6 cm³/mol. The fraction of sp³-hybridized carbons (Fsp3) is 0.278. The van der Waals surface area contributed by atoms with Crippen molar-refractivity contribution in [1.29, 1.82) is 0 Å². The fourth-order valence-electron chi connectivity index (χ4n) is 2.28. The molecule has 0 aliphatic rings. The summed E-state index contributed by atoms with van der Waals surface area (Å²) in [6.07, 6.45) is 1.93. The molecule has 0 unspecified atom stereocenters. The highest BCUT2D eigenvalue weighted by Gasteiger charge is 2.12. The van der Waals surface area contributed by atoms with Gasteiger partial charge in [0.1, 0.15) is 0 Å². The van der Waals surface area contributed by atoms with Gasteiger partial charge in [-0.2, -0.15) is 0 Å². The molecule has 0 spiro atoms. The molecule has 3 heteroatoms. The van der Waals surface area contributed by atoms with Gasteiger partial charge in [-0.1, -0.05) is 48.5 Å². The number of carbonyl (C=O) groups is 1. The van der Waals surface area contributed by atoms with Gasteiger partial charge in [0.2, 0.25) is 0 Å². The number of carbonyl (C=O) groups excluding carboxylic acids is 1. The summed E-state index contributed by atoms with van der Waals surface area (Å²) in [4.78, 5) is 14.0. The van der Waals surface area contributed by atoms with Crippen LogP contribution in [0.25, 0.3) is 0 Å². The number of anilines is 1. The van der Waals surface area contributed by atoms with E-state index in [1.807, 2.05) is 55.5 Å². The largest absolute Gasteiger partial charge is 0.338 e. The van der Waals surface area contributed by atoms with Crippen molar-refractivity contribution in [3.05, 3.63) is 66.2 Å². The van der Waals surface area contributed by atoms with Gasteiger partial charge in [0.15, 0.2) is 0 Å². The number of nitrogens with zero attached hydrogens (tertiary/aromatic N) is 1. The van der Waals surface area contributed by atoms with Crippen LogP contribution in [-0.4, -0.2) is 19.1 Å². The van der Waals surface area contributed by atoms with Crippen LogP contribution in [0.3, 0.4) is 0 Å². The van der Waals surface area contributed by atoms with Crippen molar-refractivity contribution < 1.29 is 4.79 Å². The minimum Gasteiger partial charge on any atom is -0.338 e. The minimum atomic E-state index is -0.0308. The van der Waals surface area contributed by atoms with E-state index < -0.39 is 0 Å². The summed E-state index contributed by atoms with van der Waals surface area (Å²) in [5, 5.41) is 2.99. The lowest BCUT2D eigenvalue weighted by atomic mass is 10.1. The lowest BCUT2D eigenvalue weighted by molar-refractivity contribution is 0.246. The Bertz CT molecular complexity index is 540. The standard InChI is InChI=1S/C18H22N2O/c1-2-20(17-13-7-4-8-14-17)18(21)19-15-9-12-16-10-5-3-6-11-16/h3-8,10-11,13-14H,2,9,12,15H2,1H3,(H,19,21). The van der Waals surface area contributed by atoms with E-state index in [2.05, 4.69) is 17.4 Å². The van der Waals surface area contributed by atoms with Crippen LogP contribution in [0.5, 0.6) is 0 Å². The number of benzene rings is 2. The molecule has 2 aromatic rings. The molecule has 1 N–H and O–H groups in total. The van der Waals surface area contributed by atoms with Crippen LogP contribution in [0.4, 0.5) is 10.5 Å². The normalized spacial score (nSPS) is 10.1. The van der Waals surface area contributed by atoms with E-state index >= 15 is 0 Å². The Morgan fingerprint density at radius 3 is 2.24 bits per heavy atom. The zero-order valence-electron chi connectivity index (χ0n) is 12.5. The first-order valence-electron chi connectivity index (χ1n) is 7.45. The van der Waals surface area contributed by atoms with E-state index in [1.54, 1.807) is 4.90 Å². The molecule has 0 fully saturated rings. The molecule has 2 rings (SSSR count). The van der Waals surface area contributed by atoms with Crippen molar-refractivity contribution in [3.63, 3.8) is 0 Å². The summed E-state index contributed by atoms with van der Waals surface area (Å²) in [5.74, 6) is 0. The van der Waals surface area contributed by atoms with Gasteiger partial charge in [0.25, 0.3) is 0 Å². The highest BCUT2D eigenvalue weighted by Crippen LogP contribution is 2.12. The molecule has 3 nitrogen and oxygen atoms in total. The summed E-state index contributed by atoms with van der Waals surface area (Å²) >= 11 is 0. The van der Waals surface area contributed by atoms with Gasteiger partial charge in [-0.05, 0) is 37.5 Å². The second-order valence-electron chi connectivity index (χ2n) is 4.90. The molecule has 2 aromatic carbocycles. The van der Waals surface area contributed by atoms with E-state index in [4.69, 9.17) is 0 Å². The SMILES string of the molecule is CCN(C(=O)NCCCc1ccccc1)c1ccccc1. The molecule has 0 saturated carbocycles. The molecular formula is C18H22N2O. The number of hydrogen-bond donors (Lipinski definition) is 1. The molecule has 2 amide bonds. The first kappa shape index (κ1) is 15.1. The zero-order chi connectivity index (χ0) is 14.9. The van der Waals surface area contributed by atoms with Crippen molar-refractivity contribution in [2.45, 2.75) is 19.8 Å². The van der Waals surface area contributed by atoms with E-state index in [0.29, 0.717) is 13.1 Å². The maximum absolute atomic E-state index is 12.2. The van der Waals surface area contributed by atoms with Crippen molar-refractivity contribution in [1.82, 2.24) is 5.32 Å². The number of para-hydroxylation sites is 1. The average Bonchev–Trinajstić information content (AvgIpc) is 2.54. The lowest BCUT2D eigenvalue weighted by Gasteiger charge is -2.21. The number of rotatable bonds is 6. The summed E-state index contributed by atoms with van der Waals surface area (Å²) in [6, 6.07) is 20.1. The third kappa shape index (κ3) is 4.63. The Morgan fingerprint density at radius 1 is 1.00 bits per heavy atom. The number of aryl methyl sites for hydroxylation is 1. The van der Waals surface area contributed by atoms with E-state index in [9.17, 15) is 4.79 Å². The van der Waals surface area contributed by atoms with Gasteiger partial charge in [-0.3, -0.25) is 4.90 Å². The van der Waals surface area contributed by atoms with Crippen LogP contribution in [-0.2, 0) is 6.42 Å². The Morgan fingerprint density at radius 2 is 1.62 bits per heavy atom. The molecule has 0 aliphatic heterocycles. The summed E-state index contributed by atoms with van der Waals surface area (Å²) in [7, 11) is 0. The number of amides is 2. The summed E-state index contributed by atoms with van der Waals surface area (Å²) in [6.45, 7) is 3.34. The molecular weight excluding hydrogens is 260 g/mol. The van der Waals surface area contributed by atoms with Gasteiger partial charge in [-0.15, -0.1) is 0 Å². The van der Waals surface area contributed by atoms with Gasteiger partial charge in [-0.25, -0.2) is 4.79 Å². The van der Waals surface area contributed by atoms with Gasteiger partial charge < -0.3 is 5.32 Å². The zero-order valence-corrected chi connectivity index (χ0v) is 12.5. The van der Waals surface area contributed by atoms with Crippen LogP contribution >= 0.6 is 0 Å². The highest BCUT2D eigenvalue weighted by molar-refractivity contribution is 5.91. The van der Waals surface area contributed by atoms with E-state index in [-0.39, 0.29) is 6.03 Å². The third-order valence-corrected chi connectivity index (χ3v) is 3.39. The average molecular weight is 282 g/mol.